The van der Waals surface area contributed by atoms with Crippen LogP contribution < -0.4 is 4.74 Å². The van der Waals surface area contributed by atoms with Gasteiger partial charge in [-0.1, -0.05) is 42.5 Å². The zero-order chi connectivity index (χ0) is 16.6. The summed E-state index contributed by atoms with van der Waals surface area (Å²) in [4.78, 5) is 36.3. The molecule has 2 unspecified atom stereocenters. The molecule has 2 atom stereocenters. The molecule has 6 heteroatoms. The Morgan fingerprint density at radius 1 is 0.957 bits per heavy atom. The van der Waals surface area contributed by atoms with Gasteiger partial charge in [0, 0.05) is 5.56 Å². The van der Waals surface area contributed by atoms with Crippen molar-refractivity contribution in [2.45, 2.75) is 5.60 Å². The number of rotatable bonds is 3. The lowest BCUT2D eigenvalue weighted by Gasteiger charge is -2.38. The second-order valence-electron chi connectivity index (χ2n) is 5.14. The molecule has 1 heterocycles. The van der Waals surface area contributed by atoms with Gasteiger partial charge >= 0.3 is 11.9 Å². The van der Waals surface area contributed by atoms with E-state index in [1.54, 1.807) is 30.3 Å². The van der Waals surface area contributed by atoms with Crippen molar-refractivity contribution in [3.8, 4) is 5.75 Å². The monoisotopic (exact) mass is 312 g/mol. The van der Waals surface area contributed by atoms with Gasteiger partial charge < -0.3 is 14.9 Å². The molecular formula is C17H12O6. The Morgan fingerprint density at radius 2 is 1.57 bits per heavy atom. The van der Waals surface area contributed by atoms with E-state index < -0.39 is 29.2 Å². The summed E-state index contributed by atoms with van der Waals surface area (Å²) in [6, 6.07) is 13.7. The van der Waals surface area contributed by atoms with Gasteiger partial charge in [-0.3, -0.25) is 9.59 Å². The fraction of sp³-hybridized carbons (Fsp3) is 0.118. The highest BCUT2D eigenvalue weighted by atomic mass is 16.5. The van der Waals surface area contributed by atoms with Crippen LogP contribution >= 0.6 is 0 Å². The molecule has 23 heavy (non-hydrogen) atoms. The number of hydrogen-bond donors (Lipinski definition) is 2. The van der Waals surface area contributed by atoms with E-state index in [9.17, 15) is 24.6 Å². The molecule has 2 aromatic carbocycles. The van der Waals surface area contributed by atoms with E-state index in [1.165, 1.54) is 24.3 Å². The number of benzene rings is 2. The van der Waals surface area contributed by atoms with Gasteiger partial charge in [0.25, 0.3) is 5.60 Å². The molecule has 0 radical (unpaired) electrons. The number of carbonyl (C=O) groups excluding carboxylic acids is 1. The first-order valence-corrected chi connectivity index (χ1v) is 6.82. The first-order valence-electron chi connectivity index (χ1n) is 6.82. The van der Waals surface area contributed by atoms with Crippen LogP contribution in [0.5, 0.6) is 5.75 Å². The molecule has 6 nitrogen and oxygen atoms in total. The lowest BCUT2D eigenvalue weighted by molar-refractivity contribution is -0.170. The van der Waals surface area contributed by atoms with Gasteiger partial charge in [0.1, 0.15) is 5.75 Å². The molecule has 0 saturated carbocycles. The van der Waals surface area contributed by atoms with E-state index in [2.05, 4.69) is 0 Å². The zero-order valence-electron chi connectivity index (χ0n) is 11.8. The minimum atomic E-state index is -2.31. The number of Topliss-reactive ketones (excluding diaryl/α,β-unsaturated/α-hetero) is 1. The number of aliphatic carboxylic acids is 2. The summed E-state index contributed by atoms with van der Waals surface area (Å²) in [5.74, 6) is -5.68. The van der Waals surface area contributed by atoms with E-state index in [0.29, 0.717) is 0 Å². The molecule has 3 rings (SSSR count). The highest BCUT2D eigenvalue weighted by Gasteiger charge is 2.60. The number of carboxylic acids is 2. The molecule has 0 saturated heterocycles. The van der Waals surface area contributed by atoms with E-state index in [-0.39, 0.29) is 16.9 Å². The molecular weight excluding hydrogens is 300 g/mol. The maximum absolute atomic E-state index is 12.6. The molecule has 2 N–H and O–H groups in total. The topological polar surface area (TPSA) is 101 Å². The van der Waals surface area contributed by atoms with Gasteiger partial charge in [-0.15, -0.1) is 0 Å². The number of fused-ring (bicyclic) bond motifs is 1. The summed E-state index contributed by atoms with van der Waals surface area (Å²) in [5.41, 5.74) is -2.14. The fourth-order valence-corrected chi connectivity index (χ4v) is 2.82. The summed E-state index contributed by atoms with van der Waals surface area (Å²) >= 11 is 0. The van der Waals surface area contributed by atoms with Crippen LogP contribution in [-0.2, 0) is 15.2 Å². The van der Waals surface area contributed by atoms with Crippen LogP contribution in [0.1, 0.15) is 15.9 Å². The Labute approximate surface area is 130 Å². The average Bonchev–Trinajstić information content (AvgIpc) is 2.54. The Kier molecular flexibility index (Phi) is 3.37. The van der Waals surface area contributed by atoms with Gasteiger partial charge in [-0.05, 0) is 12.1 Å². The Bertz CT molecular complexity index is 798. The van der Waals surface area contributed by atoms with Crippen molar-refractivity contribution in [3.63, 3.8) is 0 Å². The van der Waals surface area contributed by atoms with Crippen molar-refractivity contribution < 1.29 is 29.3 Å². The lowest BCUT2D eigenvalue weighted by Crippen LogP contribution is -2.56. The SMILES string of the molecule is O=C(O)C1C(=O)c2ccccc2OC1(C(=O)O)c1ccccc1. The summed E-state index contributed by atoms with van der Waals surface area (Å²) in [5, 5.41) is 19.3. The minimum absolute atomic E-state index is 0.0567. The van der Waals surface area contributed by atoms with Crippen LogP contribution in [0.2, 0.25) is 0 Å². The summed E-state index contributed by atoms with van der Waals surface area (Å²) < 4.78 is 5.61. The van der Waals surface area contributed by atoms with Gasteiger partial charge in [0.2, 0.25) is 0 Å². The number of carboxylic acid groups (broad SMARTS) is 2. The van der Waals surface area contributed by atoms with Crippen molar-refractivity contribution in [2.24, 2.45) is 5.92 Å². The average molecular weight is 312 g/mol. The van der Waals surface area contributed by atoms with Gasteiger partial charge in [-0.25, -0.2) is 4.79 Å². The Balaban J connectivity index is 2.32. The molecule has 1 aliphatic rings. The number of ketones is 1. The first kappa shape index (κ1) is 14.8. The fourth-order valence-electron chi connectivity index (χ4n) is 2.82. The predicted molar refractivity (Wildman–Crippen MR) is 78.3 cm³/mol. The molecule has 2 aromatic rings. The van der Waals surface area contributed by atoms with E-state index in [1.807, 2.05) is 0 Å². The zero-order valence-corrected chi connectivity index (χ0v) is 11.8. The lowest BCUT2D eigenvalue weighted by atomic mass is 9.74. The van der Waals surface area contributed by atoms with Gasteiger partial charge in [0.05, 0.1) is 5.56 Å². The molecule has 0 spiro atoms. The van der Waals surface area contributed by atoms with Crippen LogP contribution in [-0.4, -0.2) is 27.9 Å². The highest BCUT2D eigenvalue weighted by Crippen LogP contribution is 2.43. The molecule has 116 valence electrons. The molecule has 1 aliphatic heterocycles. The van der Waals surface area contributed by atoms with E-state index in [4.69, 9.17) is 4.74 Å². The molecule has 0 aromatic heterocycles. The summed E-state index contributed by atoms with van der Waals surface area (Å²) in [6.45, 7) is 0. The van der Waals surface area contributed by atoms with Gasteiger partial charge in [0.15, 0.2) is 11.7 Å². The third kappa shape index (κ3) is 2.07. The standard InChI is InChI=1S/C17H12O6/c18-14-11-8-4-5-9-12(11)23-17(16(21)22,13(14)15(19)20)10-6-2-1-3-7-10/h1-9,13H,(H,19,20)(H,21,22). The number of carbonyl (C=O) groups is 3. The maximum Gasteiger partial charge on any atom is 0.354 e. The van der Waals surface area contributed by atoms with E-state index in [0.717, 1.165) is 0 Å². The Hall–Kier alpha value is -3.15. The second-order valence-corrected chi connectivity index (χ2v) is 5.14. The van der Waals surface area contributed by atoms with Crippen molar-refractivity contribution in [2.75, 3.05) is 0 Å². The molecule has 0 aliphatic carbocycles. The second kappa shape index (κ2) is 5.24. The van der Waals surface area contributed by atoms with E-state index >= 15 is 0 Å². The van der Waals surface area contributed by atoms with Gasteiger partial charge in [-0.2, -0.15) is 0 Å². The smallest absolute Gasteiger partial charge is 0.354 e. The van der Waals surface area contributed by atoms with Crippen molar-refractivity contribution in [3.05, 3.63) is 65.7 Å². The quantitative estimate of drug-likeness (QED) is 0.840. The van der Waals surface area contributed by atoms with Crippen LogP contribution in [0.15, 0.2) is 54.6 Å². The summed E-state index contributed by atoms with van der Waals surface area (Å²) in [7, 11) is 0. The van der Waals surface area contributed by atoms with Crippen LogP contribution in [0.3, 0.4) is 0 Å². The third-order valence-corrected chi connectivity index (χ3v) is 3.86. The maximum atomic E-state index is 12.6. The van der Waals surface area contributed by atoms with Crippen LogP contribution in [0.25, 0.3) is 0 Å². The minimum Gasteiger partial charge on any atom is -0.481 e. The highest BCUT2D eigenvalue weighted by molar-refractivity contribution is 6.14. The van der Waals surface area contributed by atoms with Crippen LogP contribution in [0, 0.1) is 5.92 Å². The van der Waals surface area contributed by atoms with Crippen molar-refractivity contribution in [1.82, 2.24) is 0 Å². The van der Waals surface area contributed by atoms with Crippen molar-refractivity contribution in [1.29, 1.82) is 0 Å². The number of para-hydroxylation sites is 1. The summed E-state index contributed by atoms with van der Waals surface area (Å²) in [6.07, 6.45) is 0. The predicted octanol–water partition coefficient (Wildman–Crippen LogP) is 1.94. The van der Waals surface area contributed by atoms with Crippen molar-refractivity contribution >= 4 is 17.7 Å². The third-order valence-electron chi connectivity index (χ3n) is 3.86. The largest absolute Gasteiger partial charge is 0.481 e. The number of hydrogen-bond acceptors (Lipinski definition) is 4. The first-order chi connectivity index (χ1) is 11.0. The Morgan fingerprint density at radius 3 is 2.17 bits per heavy atom. The van der Waals surface area contributed by atoms with Crippen LogP contribution in [0.4, 0.5) is 0 Å². The molecule has 0 bridgehead atoms. The number of ether oxygens (including phenoxy) is 1. The normalized spacial score (nSPS) is 22.8. The molecule has 0 fully saturated rings. The molecule has 0 amide bonds.